The first-order chi connectivity index (χ1) is 8.83. The van der Waals surface area contributed by atoms with Crippen molar-refractivity contribution in [2.45, 2.75) is 0 Å². The summed E-state index contributed by atoms with van der Waals surface area (Å²) in [5.74, 6) is 0.732. The van der Waals surface area contributed by atoms with E-state index in [0.717, 1.165) is 16.9 Å². The van der Waals surface area contributed by atoms with Crippen molar-refractivity contribution in [3.63, 3.8) is 0 Å². The molecule has 2 heterocycles. The summed E-state index contributed by atoms with van der Waals surface area (Å²) in [4.78, 5) is 12.5. The molecule has 1 aromatic carbocycles. The summed E-state index contributed by atoms with van der Waals surface area (Å²) in [7, 11) is 0. The molecule has 0 saturated heterocycles. The zero-order chi connectivity index (χ0) is 12.4. The molecule has 0 unspecified atom stereocenters. The fourth-order valence-electron chi connectivity index (χ4n) is 1.67. The second kappa shape index (κ2) is 4.58. The molecule has 0 bridgehead atoms. The number of anilines is 2. The van der Waals surface area contributed by atoms with Crippen LogP contribution in [0.25, 0.3) is 11.0 Å². The Kier molecular flexibility index (Phi) is 2.78. The Bertz CT molecular complexity index is 677. The van der Waals surface area contributed by atoms with Gasteiger partial charge in [0.2, 0.25) is 0 Å². The van der Waals surface area contributed by atoms with Crippen LogP contribution >= 0.6 is 11.6 Å². The van der Waals surface area contributed by atoms with Crippen LogP contribution < -0.4 is 5.32 Å². The highest BCUT2D eigenvalue weighted by molar-refractivity contribution is 6.30. The molecule has 0 radical (unpaired) electrons. The van der Waals surface area contributed by atoms with Gasteiger partial charge in [-0.2, -0.15) is 0 Å². The highest BCUT2D eigenvalue weighted by atomic mass is 35.5. The van der Waals surface area contributed by atoms with Crippen LogP contribution in [0, 0.1) is 0 Å². The number of hydrogen-bond donors (Lipinski definition) is 1. The lowest BCUT2D eigenvalue weighted by molar-refractivity contribution is 1.18. The Morgan fingerprint density at radius 2 is 1.78 bits per heavy atom. The first kappa shape index (κ1) is 10.9. The van der Waals surface area contributed by atoms with E-state index in [0.29, 0.717) is 10.7 Å². The van der Waals surface area contributed by atoms with Crippen molar-refractivity contribution in [3.05, 3.63) is 53.9 Å². The second-order valence-corrected chi connectivity index (χ2v) is 4.17. The van der Waals surface area contributed by atoms with Gasteiger partial charge in [-0.05, 0) is 36.4 Å². The monoisotopic (exact) mass is 256 g/mol. The molecule has 0 aliphatic carbocycles. The molecule has 2 aromatic heterocycles. The molecule has 0 saturated carbocycles. The van der Waals surface area contributed by atoms with Crippen LogP contribution in [0.4, 0.5) is 11.5 Å². The molecule has 3 rings (SSSR count). The van der Waals surface area contributed by atoms with Gasteiger partial charge in [0.05, 0.1) is 5.39 Å². The van der Waals surface area contributed by atoms with Crippen LogP contribution in [0.2, 0.25) is 5.02 Å². The van der Waals surface area contributed by atoms with Gasteiger partial charge in [0, 0.05) is 16.9 Å². The number of aromatic nitrogens is 3. The van der Waals surface area contributed by atoms with E-state index in [-0.39, 0.29) is 0 Å². The lowest BCUT2D eigenvalue weighted by Crippen LogP contribution is -1.96. The number of pyridine rings is 1. The Morgan fingerprint density at radius 3 is 2.61 bits per heavy atom. The van der Waals surface area contributed by atoms with Gasteiger partial charge in [0.15, 0.2) is 5.65 Å². The minimum absolute atomic E-state index is 0.670. The Hall–Kier alpha value is -2.20. The van der Waals surface area contributed by atoms with Gasteiger partial charge >= 0.3 is 0 Å². The molecule has 0 aliphatic heterocycles. The molecule has 4 nitrogen and oxygen atoms in total. The summed E-state index contributed by atoms with van der Waals surface area (Å²) in [6.07, 6.45) is 3.20. The molecular weight excluding hydrogens is 248 g/mol. The molecule has 88 valence electrons. The molecular formula is C13H9ClN4. The molecule has 0 fully saturated rings. The Balaban J connectivity index is 2.02. The van der Waals surface area contributed by atoms with E-state index in [9.17, 15) is 0 Å². The zero-order valence-corrected chi connectivity index (χ0v) is 10.1. The quantitative estimate of drug-likeness (QED) is 0.763. The van der Waals surface area contributed by atoms with E-state index in [4.69, 9.17) is 11.6 Å². The molecule has 5 heteroatoms. The topological polar surface area (TPSA) is 50.7 Å². The third-order valence-corrected chi connectivity index (χ3v) is 2.77. The van der Waals surface area contributed by atoms with Crippen LogP contribution in [-0.2, 0) is 0 Å². The molecule has 0 amide bonds. The molecule has 1 N–H and O–H groups in total. The van der Waals surface area contributed by atoms with Crippen molar-refractivity contribution in [1.29, 1.82) is 0 Å². The predicted octanol–water partition coefficient (Wildman–Crippen LogP) is 3.42. The van der Waals surface area contributed by atoms with Gasteiger partial charge in [-0.15, -0.1) is 0 Å². The minimum Gasteiger partial charge on any atom is -0.340 e. The maximum Gasteiger partial charge on any atom is 0.164 e. The van der Waals surface area contributed by atoms with E-state index in [1.165, 1.54) is 6.33 Å². The largest absolute Gasteiger partial charge is 0.340 e. The predicted molar refractivity (Wildman–Crippen MR) is 72.1 cm³/mol. The van der Waals surface area contributed by atoms with Crippen LogP contribution in [0.15, 0.2) is 48.9 Å². The molecule has 0 aliphatic rings. The molecule has 0 atom stereocenters. The third-order valence-electron chi connectivity index (χ3n) is 2.52. The van der Waals surface area contributed by atoms with Crippen LogP contribution in [-0.4, -0.2) is 15.0 Å². The van der Waals surface area contributed by atoms with Gasteiger partial charge in [-0.3, -0.25) is 0 Å². The van der Waals surface area contributed by atoms with E-state index in [2.05, 4.69) is 20.3 Å². The van der Waals surface area contributed by atoms with E-state index < -0.39 is 0 Å². The maximum atomic E-state index is 5.85. The summed E-state index contributed by atoms with van der Waals surface area (Å²) in [5, 5.41) is 4.81. The number of nitrogens with zero attached hydrogens (tertiary/aromatic N) is 3. The Morgan fingerprint density at radius 1 is 0.944 bits per heavy atom. The normalized spacial score (nSPS) is 10.5. The minimum atomic E-state index is 0.670. The van der Waals surface area contributed by atoms with Gasteiger partial charge in [-0.25, -0.2) is 15.0 Å². The van der Waals surface area contributed by atoms with E-state index in [1.807, 2.05) is 36.4 Å². The van der Waals surface area contributed by atoms with E-state index >= 15 is 0 Å². The SMILES string of the molecule is Clc1ccc(Nc2ncnc3ncccc23)cc1. The van der Waals surface area contributed by atoms with Gasteiger partial charge in [0.1, 0.15) is 12.1 Å². The van der Waals surface area contributed by atoms with Crippen LogP contribution in [0.3, 0.4) is 0 Å². The van der Waals surface area contributed by atoms with E-state index in [1.54, 1.807) is 6.20 Å². The highest BCUT2D eigenvalue weighted by Gasteiger charge is 2.03. The number of hydrogen-bond acceptors (Lipinski definition) is 4. The van der Waals surface area contributed by atoms with Crippen molar-refractivity contribution < 1.29 is 0 Å². The maximum absolute atomic E-state index is 5.85. The van der Waals surface area contributed by atoms with Crippen LogP contribution in [0.1, 0.15) is 0 Å². The van der Waals surface area contributed by atoms with Crippen molar-refractivity contribution in [1.82, 2.24) is 15.0 Å². The summed E-state index contributed by atoms with van der Waals surface area (Å²) in [6.45, 7) is 0. The van der Waals surface area contributed by atoms with Gasteiger partial charge in [0.25, 0.3) is 0 Å². The van der Waals surface area contributed by atoms with Gasteiger partial charge in [-0.1, -0.05) is 11.6 Å². The van der Waals surface area contributed by atoms with Crippen LogP contribution in [0.5, 0.6) is 0 Å². The van der Waals surface area contributed by atoms with Crippen molar-refractivity contribution in [3.8, 4) is 0 Å². The average Bonchev–Trinajstić information content (AvgIpc) is 2.42. The number of halogens is 1. The average molecular weight is 257 g/mol. The number of benzene rings is 1. The van der Waals surface area contributed by atoms with Crippen molar-refractivity contribution in [2.75, 3.05) is 5.32 Å². The lowest BCUT2D eigenvalue weighted by Gasteiger charge is -2.07. The van der Waals surface area contributed by atoms with Crippen molar-refractivity contribution >= 4 is 34.1 Å². The number of nitrogens with one attached hydrogen (secondary N) is 1. The summed E-state index contributed by atoms with van der Waals surface area (Å²) >= 11 is 5.85. The lowest BCUT2D eigenvalue weighted by atomic mass is 10.3. The standard InChI is InChI=1S/C13H9ClN4/c14-9-3-5-10(6-4-9)18-13-11-2-1-7-15-12(11)16-8-17-13/h1-8H,(H,15,16,17,18). The third kappa shape index (κ3) is 2.10. The first-order valence-corrected chi connectivity index (χ1v) is 5.79. The molecule has 0 spiro atoms. The second-order valence-electron chi connectivity index (χ2n) is 3.73. The Labute approximate surface area is 109 Å². The van der Waals surface area contributed by atoms with Gasteiger partial charge < -0.3 is 5.32 Å². The first-order valence-electron chi connectivity index (χ1n) is 5.41. The molecule has 3 aromatic rings. The number of rotatable bonds is 2. The smallest absolute Gasteiger partial charge is 0.164 e. The summed E-state index contributed by atoms with van der Waals surface area (Å²) in [5.41, 5.74) is 1.59. The summed E-state index contributed by atoms with van der Waals surface area (Å²) in [6, 6.07) is 11.2. The molecule has 18 heavy (non-hydrogen) atoms. The fraction of sp³-hybridized carbons (Fsp3) is 0. The van der Waals surface area contributed by atoms with Crippen molar-refractivity contribution in [2.24, 2.45) is 0 Å². The number of fused-ring (bicyclic) bond motifs is 1. The fourth-order valence-corrected chi connectivity index (χ4v) is 1.79. The highest BCUT2D eigenvalue weighted by Crippen LogP contribution is 2.22. The summed E-state index contributed by atoms with van der Waals surface area (Å²) < 4.78 is 0. The zero-order valence-electron chi connectivity index (χ0n) is 9.34.